The number of amides is 1. The first-order valence-corrected chi connectivity index (χ1v) is 8.07. The van der Waals surface area contributed by atoms with Crippen LogP contribution in [0.3, 0.4) is 0 Å². The second-order valence-corrected chi connectivity index (χ2v) is 5.87. The van der Waals surface area contributed by atoms with Crippen molar-refractivity contribution in [2.45, 2.75) is 20.4 Å². The minimum absolute atomic E-state index is 0.0438. The van der Waals surface area contributed by atoms with Gasteiger partial charge < -0.3 is 9.88 Å². The molecule has 0 fully saturated rings. The molecule has 0 aliphatic heterocycles. The molecule has 0 aliphatic carbocycles. The van der Waals surface area contributed by atoms with Crippen LogP contribution >= 0.6 is 0 Å². The molecule has 1 amide bonds. The second-order valence-electron chi connectivity index (χ2n) is 5.87. The molecule has 0 spiro atoms. The quantitative estimate of drug-likeness (QED) is 0.781. The summed E-state index contributed by atoms with van der Waals surface area (Å²) in [6, 6.07) is 17.7. The number of aryl methyl sites for hydroxylation is 2. The maximum absolute atomic E-state index is 12.2. The van der Waals surface area contributed by atoms with Crippen LogP contribution in [-0.2, 0) is 6.54 Å². The topological polar surface area (TPSA) is 46.9 Å². The summed E-state index contributed by atoms with van der Waals surface area (Å²) < 4.78 is 2.13. The van der Waals surface area contributed by atoms with Gasteiger partial charge in [0.05, 0.1) is 0 Å². The van der Waals surface area contributed by atoms with Crippen LogP contribution in [0.1, 0.15) is 21.6 Å². The maximum atomic E-state index is 12.2. The standard InChI is InChI=1S/C20H21N3O/c1-15-7-6-10-18(13-15)20(24)21-11-12-23-16(2)14-22-19(23)17-8-4-3-5-9-17/h3-10,13-14H,11-12H2,1-2H3,(H,21,24). The average molecular weight is 319 g/mol. The van der Waals surface area contributed by atoms with Gasteiger partial charge in [0.2, 0.25) is 0 Å². The molecule has 0 aliphatic rings. The van der Waals surface area contributed by atoms with Gasteiger partial charge in [0.1, 0.15) is 5.82 Å². The molecule has 1 N–H and O–H groups in total. The van der Waals surface area contributed by atoms with Crippen LogP contribution in [0.5, 0.6) is 0 Å². The first-order valence-electron chi connectivity index (χ1n) is 8.07. The summed E-state index contributed by atoms with van der Waals surface area (Å²) in [6.07, 6.45) is 1.87. The molecule has 2 aromatic carbocycles. The molecule has 24 heavy (non-hydrogen) atoms. The minimum atomic E-state index is -0.0438. The maximum Gasteiger partial charge on any atom is 0.251 e. The fraction of sp³-hybridized carbons (Fsp3) is 0.200. The van der Waals surface area contributed by atoms with E-state index >= 15 is 0 Å². The number of rotatable bonds is 5. The SMILES string of the molecule is Cc1cccc(C(=O)NCCn2c(C)cnc2-c2ccccc2)c1. The van der Waals surface area contributed by atoms with E-state index in [0.29, 0.717) is 18.7 Å². The molecule has 0 saturated heterocycles. The molecular weight excluding hydrogens is 298 g/mol. The second kappa shape index (κ2) is 7.13. The number of imidazole rings is 1. The lowest BCUT2D eigenvalue weighted by molar-refractivity contribution is 0.0952. The van der Waals surface area contributed by atoms with E-state index in [4.69, 9.17) is 0 Å². The third-order valence-corrected chi connectivity index (χ3v) is 3.99. The Balaban J connectivity index is 1.67. The Morgan fingerprint density at radius 2 is 1.88 bits per heavy atom. The van der Waals surface area contributed by atoms with Crippen LogP contribution in [0.4, 0.5) is 0 Å². The average Bonchev–Trinajstić information content (AvgIpc) is 2.96. The normalized spacial score (nSPS) is 10.6. The number of hydrogen-bond acceptors (Lipinski definition) is 2. The monoisotopic (exact) mass is 319 g/mol. The van der Waals surface area contributed by atoms with Crippen LogP contribution in [0, 0.1) is 13.8 Å². The van der Waals surface area contributed by atoms with Crippen LogP contribution in [0.2, 0.25) is 0 Å². The zero-order valence-electron chi connectivity index (χ0n) is 14.0. The number of aromatic nitrogens is 2. The Labute approximate surface area is 142 Å². The highest BCUT2D eigenvalue weighted by atomic mass is 16.1. The van der Waals surface area contributed by atoms with Gasteiger partial charge in [-0.25, -0.2) is 4.98 Å². The molecule has 3 aromatic rings. The van der Waals surface area contributed by atoms with Gasteiger partial charge in [0, 0.05) is 36.1 Å². The van der Waals surface area contributed by atoms with Gasteiger partial charge in [-0.2, -0.15) is 0 Å². The van der Waals surface area contributed by atoms with Crippen LogP contribution < -0.4 is 5.32 Å². The third-order valence-electron chi connectivity index (χ3n) is 3.99. The summed E-state index contributed by atoms with van der Waals surface area (Å²) in [5, 5.41) is 2.98. The Hall–Kier alpha value is -2.88. The lowest BCUT2D eigenvalue weighted by Gasteiger charge is -2.11. The van der Waals surface area contributed by atoms with Crippen molar-refractivity contribution in [1.82, 2.24) is 14.9 Å². The zero-order chi connectivity index (χ0) is 16.9. The number of benzene rings is 2. The van der Waals surface area contributed by atoms with E-state index in [1.165, 1.54) is 0 Å². The van der Waals surface area contributed by atoms with Crippen molar-refractivity contribution in [2.75, 3.05) is 6.54 Å². The van der Waals surface area contributed by atoms with Crippen molar-refractivity contribution in [3.63, 3.8) is 0 Å². The Bertz CT molecular complexity index is 837. The smallest absolute Gasteiger partial charge is 0.251 e. The van der Waals surface area contributed by atoms with Crippen molar-refractivity contribution in [3.05, 3.63) is 77.6 Å². The molecule has 3 rings (SSSR count). The van der Waals surface area contributed by atoms with Crippen molar-refractivity contribution in [2.24, 2.45) is 0 Å². The van der Waals surface area contributed by atoms with Gasteiger partial charge in [0.25, 0.3) is 5.91 Å². The molecule has 0 bridgehead atoms. The number of carbonyl (C=O) groups excluding carboxylic acids is 1. The lowest BCUT2D eigenvalue weighted by atomic mass is 10.1. The predicted molar refractivity (Wildman–Crippen MR) is 95.9 cm³/mol. The van der Waals surface area contributed by atoms with Crippen LogP contribution in [-0.4, -0.2) is 22.0 Å². The highest BCUT2D eigenvalue weighted by Crippen LogP contribution is 2.18. The van der Waals surface area contributed by atoms with Gasteiger partial charge in [0.15, 0.2) is 0 Å². The van der Waals surface area contributed by atoms with E-state index in [1.807, 2.05) is 74.6 Å². The highest BCUT2D eigenvalue weighted by molar-refractivity contribution is 5.94. The van der Waals surface area contributed by atoms with Gasteiger partial charge in [-0.1, -0.05) is 48.0 Å². The molecule has 0 saturated carbocycles. The van der Waals surface area contributed by atoms with E-state index in [0.717, 1.165) is 22.6 Å². The first-order chi connectivity index (χ1) is 11.6. The van der Waals surface area contributed by atoms with Crippen LogP contribution in [0.25, 0.3) is 11.4 Å². The Morgan fingerprint density at radius 1 is 1.08 bits per heavy atom. The van der Waals surface area contributed by atoms with Crippen LogP contribution in [0.15, 0.2) is 60.8 Å². The lowest BCUT2D eigenvalue weighted by Crippen LogP contribution is -2.27. The molecule has 0 radical (unpaired) electrons. The summed E-state index contributed by atoms with van der Waals surface area (Å²) >= 11 is 0. The summed E-state index contributed by atoms with van der Waals surface area (Å²) in [7, 11) is 0. The Morgan fingerprint density at radius 3 is 2.62 bits per heavy atom. The molecule has 1 aromatic heterocycles. The van der Waals surface area contributed by atoms with E-state index in [-0.39, 0.29) is 5.91 Å². The minimum Gasteiger partial charge on any atom is -0.350 e. The molecule has 122 valence electrons. The van der Waals surface area contributed by atoms with E-state index in [2.05, 4.69) is 14.9 Å². The highest BCUT2D eigenvalue weighted by Gasteiger charge is 2.10. The van der Waals surface area contributed by atoms with Crippen molar-refractivity contribution >= 4 is 5.91 Å². The Kier molecular flexibility index (Phi) is 4.75. The molecule has 1 heterocycles. The van der Waals surface area contributed by atoms with E-state index in [1.54, 1.807) is 0 Å². The molecule has 0 unspecified atom stereocenters. The number of nitrogens with zero attached hydrogens (tertiary/aromatic N) is 2. The third kappa shape index (κ3) is 3.54. The molecule has 4 heteroatoms. The van der Waals surface area contributed by atoms with Gasteiger partial charge in [-0.15, -0.1) is 0 Å². The number of hydrogen-bond donors (Lipinski definition) is 1. The summed E-state index contributed by atoms with van der Waals surface area (Å²) in [5.74, 6) is 0.885. The predicted octanol–water partition coefficient (Wildman–Crippen LogP) is 3.60. The largest absolute Gasteiger partial charge is 0.350 e. The first kappa shape index (κ1) is 16.0. The fourth-order valence-electron chi connectivity index (χ4n) is 2.73. The number of nitrogens with one attached hydrogen (secondary N) is 1. The van der Waals surface area contributed by atoms with E-state index < -0.39 is 0 Å². The van der Waals surface area contributed by atoms with Crippen molar-refractivity contribution < 1.29 is 4.79 Å². The van der Waals surface area contributed by atoms with Crippen molar-refractivity contribution in [3.8, 4) is 11.4 Å². The number of carbonyl (C=O) groups is 1. The fourth-order valence-corrected chi connectivity index (χ4v) is 2.73. The molecule has 0 atom stereocenters. The molecular formula is C20H21N3O. The van der Waals surface area contributed by atoms with Gasteiger partial charge >= 0.3 is 0 Å². The zero-order valence-corrected chi connectivity index (χ0v) is 14.0. The summed E-state index contributed by atoms with van der Waals surface area (Å²) in [5.41, 5.74) is 3.94. The summed E-state index contributed by atoms with van der Waals surface area (Å²) in [6.45, 7) is 5.26. The van der Waals surface area contributed by atoms with E-state index in [9.17, 15) is 4.79 Å². The molecule has 4 nitrogen and oxygen atoms in total. The van der Waals surface area contributed by atoms with Crippen molar-refractivity contribution in [1.29, 1.82) is 0 Å². The van der Waals surface area contributed by atoms with Gasteiger partial charge in [-0.3, -0.25) is 4.79 Å². The van der Waals surface area contributed by atoms with Gasteiger partial charge in [-0.05, 0) is 26.0 Å². The summed E-state index contributed by atoms with van der Waals surface area (Å²) in [4.78, 5) is 16.7.